The van der Waals surface area contributed by atoms with E-state index < -0.39 is 0 Å². The van der Waals surface area contributed by atoms with Crippen LogP contribution in [0.15, 0.2) is 41.3 Å². The summed E-state index contributed by atoms with van der Waals surface area (Å²) < 4.78 is 10.4. The average Bonchev–Trinajstić information content (AvgIpc) is 2.55. The van der Waals surface area contributed by atoms with Gasteiger partial charge in [-0.15, -0.1) is 11.8 Å². The molecule has 0 aliphatic heterocycles. The number of anilines is 1. The molecule has 0 bridgehead atoms. The highest BCUT2D eigenvalue weighted by Crippen LogP contribution is 2.30. The molecule has 6 heteroatoms. The fraction of sp³-hybridized carbons (Fsp3) is 0.188. The molecule has 0 spiro atoms. The van der Waals surface area contributed by atoms with Crippen LogP contribution in [0.3, 0.4) is 0 Å². The topological polar surface area (TPSA) is 47.6 Å². The van der Waals surface area contributed by atoms with Gasteiger partial charge in [-0.2, -0.15) is 0 Å². The molecule has 0 saturated carbocycles. The highest BCUT2D eigenvalue weighted by atomic mass is 35.5. The molecule has 0 aliphatic carbocycles. The lowest BCUT2D eigenvalue weighted by molar-refractivity contribution is 0.102. The second-order valence-corrected chi connectivity index (χ2v) is 5.65. The summed E-state index contributed by atoms with van der Waals surface area (Å²) in [5.41, 5.74) is 0.941. The summed E-state index contributed by atoms with van der Waals surface area (Å²) in [5, 5.41) is 3.21. The van der Waals surface area contributed by atoms with Crippen molar-refractivity contribution in [1.29, 1.82) is 0 Å². The van der Waals surface area contributed by atoms with Gasteiger partial charge in [0.15, 0.2) is 0 Å². The standard InChI is InChI=1S/C16H16ClNO3S/c1-20-10-4-7-15(21-2)14(8-10)18-16(19)12-9-11(22-3)5-6-13(12)17/h4-9H,1-3H3,(H,18,19). The smallest absolute Gasteiger partial charge is 0.257 e. The second kappa shape index (κ2) is 7.42. The molecule has 0 radical (unpaired) electrons. The van der Waals surface area contributed by atoms with Gasteiger partial charge in [0, 0.05) is 11.0 Å². The monoisotopic (exact) mass is 337 g/mol. The van der Waals surface area contributed by atoms with Crippen LogP contribution in [0.25, 0.3) is 0 Å². The summed E-state index contributed by atoms with van der Waals surface area (Å²) in [4.78, 5) is 13.4. The summed E-state index contributed by atoms with van der Waals surface area (Å²) in [5.74, 6) is 0.874. The van der Waals surface area contributed by atoms with Crippen LogP contribution in [0, 0.1) is 0 Å². The lowest BCUT2D eigenvalue weighted by atomic mass is 10.2. The maximum Gasteiger partial charge on any atom is 0.257 e. The Labute approximate surface area is 138 Å². The third kappa shape index (κ3) is 3.67. The maximum atomic E-state index is 12.5. The zero-order chi connectivity index (χ0) is 16.1. The van der Waals surface area contributed by atoms with E-state index in [2.05, 4.69) is 5.32 Å². The van der Waals surface area contributed by atoms with Crippen molar-refractivity contribution in [2.24, 2.45) is 0 Å². The molecule has 2 aromatic carbocycles. The van der Waals surface area contributed by atoms with Crippen LogP contribution < -0.4 is 14.8 Å². The minimum atomic E-state index is -0.299. The van der Waals surface area contributed by atoms with Crippen LogP contribution in [0.2, 0.25) is 5.02 Å². The van der Waals surface area contributed by atoms with E-state index in [1.54, 1.807) is 56.3 Å². The molecule has 0 fully saturated rings. The number of carbonyl (C=O) groups excluding carboxylic acids is 1. The fourth-order valence-electron chi connectivity index (χ4n) is 1.91. The number of rotatable bonds is 5. The lowest BCUT2D eigenvalue weighted by Crippen LogP contribution is -2.13. The summed E-state index contributed by atoms with van der Waals surface area (Å²) in [6, 6.07) is 10.5. The first-order chi connectivity index (χ1) is 10.6. The predicted octanol–water partition coefficient (Wildman–Crippen LogP) is 4.33. The van der Waals surface area contributed by atoms with Crippen molar-refractivity contribution in [3.05, 3.63) is 47.0 Å². The number of ether oxygens (including phenoxy) is 2. The number of carbonyl (C=O) groups is 1. The number of methoxy groups -OCH3 is 2. The van der Waals surface area contributed by atoms with Crippen molar-refractivity contribution in [2.75, 3.05) is 25.8 Å². The van der Waals surface area contributed by atoms with Crippen LogP contribution >= 0.6 is 23.4 Å². The van der Waals surface area contributed by atoms with Crippen molar-refractivity contribution < 1.29 is 14.3 Å². The van der Waals surface area contributed by atoms with E-state index in [1.165, 1.54) is 0 Å². The lowest BCUT2D eigenvalue weighted by Gasteiger charge is -2.12. The molecular formula is C16H16ClNO3S. The molecule has 1 N–H and O–H groups in total. The first-order valence-electron chi connectivity index (χ1n) is 6.46. The number of hydrogen-bond donors (Lipinski definition) is 1. The summed E-state index contributed by atoms with van der Waals surface area (Å²) in [6.45, 7) is 0. The molecule has 0 unspecified atom stereocenters. The van der Waals surface area contributed by atoms with E-state index in [4.69, 9.17) is 21.1 Å². The molecule has 2 rings (SSSR count). The molecule has 0 aromatic heterocycles. The minimum absolute atomic E-state index is 0.299. The number of nitrogens with one attached hydrogen (secondary N) is 1. The zero-order valence-corrected chi connectivity index (χ0v) is 14.0. The second-order valence-electron chi connectivity index (χ2n) is 4.37. The Morgan fingerprint density at radius 2 is 1.91 bits per heavy atom. The van der Waals surface area contributed by atoms with Gasteiger partial charge < -0.3 is 14.8 Å². The highest BCUT2D eigenvalue weighted by molar-refractivity contribution is 7.98. The van der Waals surface area contributed by atoms with Gasteiger partial charge in [0.2, 0.25) is 0 Å². The van der Waals surface area contributed by atoms with Gasteiger partial charge in [0.25, 0.3) is 5.91 Å². The Morgan fingerprint density at radius 1 is 1.14 bits per heavy atom. The van der Waals surface area contributed by atoms with Gasteiger partial charge in [0.05, 0.1) is 30.5 Å². The van der Waals surface area contributed by atoms with Crippen molar-refractivity contribution in [1.82, 2.24) is 0 Å². The molecule has 4 nitrogen and oxygen atoms in total. The maximum absolute atomic E-state index is 12.5. The van der Waals surface area contributed by atoms with Crippen molar-refractivity contribution in [2.45, 2.75) is 4.90 Å². The molecular weight excluding hydrogens is 322 g/mol. The number of amides is 1. The minimum Gasteiger partial charge on any atom is -0.497 e. The number of thioether (sulfide) groups is 1. The Hall–Kier alpha value is -1.85. The molecule has 0 atom stereocenters. The quantitative estimate of drug-likeness (QED) is 0.825. The molecule has 0 aliphatic rings. The first-order valence-corrected chi connectivity index (χ1v) is 8.06. The molecule has 0 heterocycles. The predicted molar refractivity (Wildman–Crippen MR) is 90.7 cm³/mol. The highest BCUT2D eigenvalue weighted by Gasteiger charge is 2.14. The van der Waals surface area contributed by atoms with E-state index in [-0.39, 0.29) is 5.91 Å². The normalized spacial score (nSPS) is 10.2. The summed E-state index contributed by atoms with van der Waals surface area (Å²) >= 11 is 7.67. The van der Waals surface area contributed by atoms with Gasteiger partial charge in [-0.3, -0.25) is 4.79 Å². The molecule has 1 amide bonds. The van der Waals surface area contributed by atoms with Gasteiger partial charge >= 0.3 is 0 Å². The van der Waals surface area contributed by atoms with Crippen LogP contribution in [-0.4, -0.2) is 26.4 Å². The number of hydrogen-bond acceptors (Lipinski definition) is 4. The van der Waals surface area contributed by atoms with Gasteiger partial charge in [-0.1, -0.05) is 11.6 Å². The van der Waals surface area contributed by atoms with E-state index in [0.717, 1.165) is 4.90 Å². The molecule has 116 valence electrons. The average molecular weight is 338 g/mol. The van der Waals surface area contributed by atoms with E-state index in [0.29, 0.717) is 27.8 Å². The van der Waals surface area contributed by atoms with E-state index in [9.17, 15) is 4.79 Å². The van der Waals surface area contributed by atoms with Gasteiger partial charge in [-0.05, 0) is 36.6 Å². The van der Waals surface area contributed by atoms with Crippen molar-refractivity contribution in [3.8, 4) is 11.5 Å². The van der Waals surface area contributed by atoms with E-state index >= 15 is 0 Å². The molecule has 0 saturated heterocycles. The van der Waals surface area contributed by atoms with Crippen molar-refractivity contribution in [3.63, 3.8) is 0 Å². The SMILES string of the molecule is COc1ccc(OC)c(NC(=O)c2cc(SC)ccc2Cl)c1. The van der Waals surface area contributed by atoms with Crippen LogP contribution in [-0.2, 0) is 0 Å². The zero-order valence-electron chi connectivity index (χ0n) is 12.5. The number of benzene rings is 2. The van der Waals surface area contributed by atoms with Crippen LogP contribution in [0.4, 0.5) is 5.69 Å². The Balaban J connectivity index is 2.32. The van der Waals surface area contributed by atoms with Crippen LogP contribution in [0.1, 0.15) is 10.4 Å². The molecule has 22 heavy (non-hydrogen) atoms. The molecule has 2 aromatic rings. The Bertz CT molecular complexity index is 691. The largest absolute Gasteiger partial charge is 0.497 e. The number of halogens is 1. The third-order valence-corrected chi connectivity index (χ3v) is 4.13. The third-order valence-electron chi connectivity index (χ3n) is 3.07. The Morgan fingerprint density at radius 3 is 2.55 bits per heavy atom. The van der Waals surface area contributed by atoms with Gasteiger partial charge in [0.1, 0.15) is 11.5 Å². The van der Waals surface area contributed by atoms with Gasteiger partial charge in [-0.25, -0.2) is 0 Å². The summed E-state index contributed by atoms with van der Waals surface area (Å²) in [7, 11) is 3.10. The van der Waals surface area contributed by atoms with Crippen molar-refractivity contribution >= 4 is 35.0 Å². The summed E-state index contributed by atoms with van der Waals surface area (Å²) in [6.07, 6.45) is 1.94. The Kier molecular flexibility index (Phi) is 5.57. The van der Waals surface area contributed by atoms with Crippen LogP contribution in [0.5, 0.6) is 11.5 Å². The first kappa shape index (κ1) is 16.5. The van der Waals surface area contributed by atoms with E-state index in [1.807, 2.05) is 12.3 Å². The fourth-order valence-corrected chi connectivity index (χ4v) is 2.55.